The Morgan fingerprint density at radius 1 is 0.871 bits per heavy atom. The van der Waals surface area contributed by atoms with Gasteiger partial charge in [0.15, 0.2) is 17.0 Å². The van der Waals surface area contributed by atoms with Crippen LogP contribution in [0.3, 0.4) is 0 Å². The minimum Gasteiger partial charge on any atom is -0.454 e. The Bertz CT molecular complexity index is 1450. The molecule has 0 saturated heterocycles. The van der Waals surface area contributed by atoms with Crippen LogP contribution in [0.2, 0.25) is 10.0 Å². The van der Waals surface area contributed by atoms with Crippen molar-refractivity contribution in [1.29, 1.82) is 0 Å². The second kappa shape index (κ2) is 7.76. The van der Waals surface area contributed by atoms with Crippen molar-refractivity contribution >= 4 is 34.2 Å². The molecule has 31 heavy (non-hydrogen) atoms. The van der Waals surface area contributed by atoms with Crippen LogP contribution in [0.25, 0.3) is 11.0 Å². The highest BCUT2D eigenvalue weighted by Crippen LogP contribution is 2.32. The molecule has 0 spiro atoms. The van der Waals surface area contributed by atoms with E-state index in [-0.39, 0.29) is 25.4 Å². The lowest BCUT2D eigenvalue weighted by molar-refractivity contribution is 0.174. The molecule has 0 radical (unpaired) electrons. The summed E-state index contributed by atoms with van der Waals surface area (Å²) >= 11 is 12.2. The van der Waals surface area contributed by atoms with E-state index in [1.165, 1.54) is 15.3 Å². The number of fused-ring (bicyclic) bond motifs is 2. The summed E-state index contributed by atoms with van der Waals surface area (Å²) in [6.07, 6.45) is 1.53. The molecule has 0 atom stereocenters. The molecule has 1 aliphatic heterocycles. The number of halogens is 2. The predicted molar refractivity (Wildman–Crippen MR) is 117 cm³/mol. The summed E-state index contributed by atoms with van der Waals surface area (Å²) in [6, 6.07) is 13.9. The number of hydrogen-bond donors (Lipinski definition) is 0. The van der Waals surface area contributed by atoms with E-state index in [0.717, 1.165) is 11.1 Å². The molecule has 0 saturated carbocycles. The Kier molecular flexibility index (Phi) is 4.92. The third-order valence-electron chi connectivity index (χ3n) is 5.09. The first-order valence-corrected chi connectivity index (χ1v) is 10.2. The summed E-state index contributed by atoms with van der Waals surface area (Å²) in [5.41, 5.74) is 1.26. The van der Waals surface area contributed by atoms with E-state index < -0.39 is 11.2 Å². The van der Waals surface area contributed by atoms with E-state index in [9.17, 15) is 9.59 Å². The van der Waals surface area contributed by atoms with Crippen LogP contribution in [0, 0.1) is 0 Å². The molecule has 3 heterocycles. The summed E-state index contributed by atoms with van der Waals surface area (Å²) in [4.78, 5) is 30.7. The van der Waals surface area contributed by atoms with Gasteiger partial charge in [-0.25, -0.2) is 9.78 Å². The van der Waals surface area contributed by atoms with Gasteiger partial charge in [0.1, 0.15) is 0 Å². The Balaban J connectivity index is 1.64. The number of hydrogen-bond acceptors (Lipinski definition) is 5. The number of pyridine rings is 1. The average molecular weight is 456 g/mol. The van der Waals surface area contributed by atoms with E-state index in [0.29, 0.717) is 27.1 Å². The third kappa shape index (κ3) is 3.56. The van der Waals surface area contributed by atoms with Gasteiger partial charge < -0.3 is 9.47 Å². The van der Waals surface area contributed by atoms with E-state index in [1.807, 2.05) is 0 Å². The largest absolute Gasteiger partial charge is 0.454 e. The molecule has 2 aromatic carbocycles. The lowest BCUT2D eigenvalue weighted by Crippen LogP contribution is -2.40. The van der Waals surface area contributed by atoms with Crippen molar-refractivity contribution in [2.24, 2.45) is 0 Å². The molecule has 0 amide bonds. The quantitative estimate of drug-likeness (QED) is 0.468. The minimum atomic E-state index is -0.455. The first kappa shape index (κ1) is 19.7. The molecular weight excluding hydrogens is 441 g/mol. The van der Waals surface area contributed by atoms with Crippen LogP contribution in [0.1, 0.15) is 11.1 Å². The maximum Gasteiger partial charge on any atom is 0.332 e. The zero-order valence-electron chi connectivity index (χ0n) is 16.0. The zero-order valence-corrected chi connectivity index (χ0v) is 17.6. The molecule has 0 unspecified atom stereocenters. The SMILES string of the molecule is O=c1c2ncccc2n(Cc2ccc(Cl)c(Cl)c2)c(=O)n1Cc1ccc2c(c1)OCO2. The topological polar surface area (TPSA) is 75.4 Å². The Hall–Kier alpha value is -3.29. The number of benzene rings is 2. The van der Waals surface area contributed by atoms with Crippen LogP contribution in [-0.4, -0.2) is 20.9 Å². The number of ether oxygens (including phenoxy) is 2. The van der Waals surface area contributed by atoms with Gasteiger partial charge in [-0.05, 0) is 47.5 Å². The monoisotopic (exact) mass is 455 g/mol. The first-order chi connectivity index (χ1) is 15.0. The molecule has 0 aliphatic carbocycles. The maximum absolute atomic E-state index is 13.4. The molecule has 2 aromatic heterocycles. The summed E-state index contributed by atoms with van der Waals surface area (Å²) in [5, 5.41) is 0.820. The Morgan fingerprint density at radius 3 is 2.45 bits per heavy atom. The number of rotatable bonds is 4. The van der Waals surface area contributed by atoms with Crippen LogP contribution in [-0.2, 0) is 13.1 Å². The smallest absolute Gasteiger partial charge is 0.332 e. The van der Waals surface area contributed by atoms with Gasteiger partial charge in [-0.3, -0.25) is 13.9 Å². The van der Waals surface area contributed by atoms with Crippen molar-refractivity contribution in [2.75, 3.05) is 6.79 Å². The molecule has 5 rings (SSSR count). The van der Waals surface area contributed by atoms with Crippen LogP contribution in [0.5, 0.6) is 11.5 Å². The van der Waals surface area contributed by atoms with Crippen molar-refractivity contribution in [3.05, 3.63) is 96.7 Å². The molecule has 0 bridgehead atoms. The summed E-state index contributed by atoms with van der Waals surface area (Å²) in [6.45, 7) is 0.427. The molecule has 7 nitrogen and oxygen atoms in total. The highest BCUT2D eigenvalue weighted by Gasteiger charge is 2.17. The van der Waals surface area contributed by atoms with Crippen molar-refractivity contribution in [3.8, 4) is 11.5 Å². The van der Waals surface area contributed by atoms with Gasteiger partial charge in [0, 0.05) is 6.20 Å². The van der Waals surface area contributed by atoms with E-state index in [4.69, 9.17) is 32.7 Å². The Morgan fingerprint density at radius 2 is 1.61 bits per heavy atom. The van der Waals surface area contributed by atoms with Gasteiger partial charge in [-0.1, -0.05) is 35.3 Å². The van der Waals surface area contributed by atoms with Crippen LogP contribution in [0.15, 0.2) is 64.3 Å². The molecule has 0 fully saturated rings. The molecule has 4 aromatic rings. The minimum absolute atomic E-state index is 0.0716. The fraction of sp³-hybridized carbons (Fsp3) is 0.136. The van der Waals surface area contributed by atoms with Crippen molar-refractivity contribution in [3.63, 3.8) is 0 Å². The lowest BCUT2D eigenvalue weighted by atomic mass is 10.2. The normalized spacial score (nSPS) is 12.5. The van der Waals surface area contributed by atoms with Crippen LogP contribution < -0.4 is 20.7 Å². The van der Waals surface area contributed by atoms with Crippen molar-refractivity contribution in [1.82, 2.24) is 14.1 Å². The standard InChI is InChI=1S/C22H15Cl2N3O4/c23-15-5-3-13(8-16(15)24)10-26-17-2-1-7-25-20(17)21(28)27(22(26)29)11-14-4-6-18-19(9-14)31-12-30-18/h1-9H,10-12H2. The number of nitrogens with zero attached hydrogens (tertiary/aromatic N) is 3. The van der Waals surface area contributed by atoms with E-state index in [1.54, 1.807) is 48.5 Å². The molecule has 156 valence electrons. The van der Waals surface area contributed by atoms with Gasteiger partial charge in [0.25, 0.3) is 5.56 Å². The Labute approximate surface area is 186 Å². The average Bonchev–Trinajstić information content (AvgIpc) is 3.24. The zero-order chi connectivity index (χ0) is 21.5. The predicted octanol–water partition coefficient (Wildman–Crippen LogP) is 3.69. The van der Waals surface area contributed by atoms with Crippen LogP contribution >= 0.6 is 23.2 Å². The van der Waals surface area contributed by atoms with Gasteiger partial charge in [-0.15, -0.1) is 0 Å². The van der Waals surface area contributed by atoms with E-state index >= 15 is 0 Å². The number of aromatic nitrogens is 3. The lowest BCUT2D eigenvalue weighted by Gasteiger charge is -2.14. The van der Waals surface area contributed by atoms with Crippen LogP contribution in [0.4, 0.5) is 0 Å². The van der Waals surface area contributed by atoms with Crippen molar-refractivity contribution < 1.29 is 9.47 Å². The van der Waals surface area contributed by atoms with Crippen molar-refractivity contribution in [2.45, 2.75) is 13.1 Å². The third-order valence-corrected chi connectivity index (χ3v) is 5.83. The fourth-order valence-corrected chi connectivity index (χ4v) is 3.90. The molecule has 1 aliphatic rings. The summed E-state index contributed by atoms with van der Waals surface area (Å²) in [7, 11) is 0. The second-order valence-electron chi connectivity index (χ2n) is 7.07. The van der Waals surface area contributed by atoms with E-state index in [2.05, 4.69) is 4.98 Å². The molecule has 9 heteroatoms. The maximum atomic E-state index is 13.4. The highest BCUT2D eigenvalue weighted by atomic mass is 35.5. The summed E-state index contributed by atoms with van der Waals surface area (Å²) in [5.74, 6) is 1.22. The first-order valence-electron chi connectivity index (χ1n) is 9.42. The van der Waals surface area contributed by atoms with Gasteiger partial charge in [0.2, 0.25) is 6.79 Å². The molecule has 0 N–H and O–H groups in total. The summed E-state index contributed by atoms with van der Waals surface area (Å²) < 4.78 is 13.4. The van der Waals surface area contributed by atoms with Gasteiger partial charge >= 0.3 is 5.69 Å². The molecular formula is C22H15Cl2N3O4. The van der Waals surface area contributed by atoms with Gasteiger partial charge in [0.05, 0.1) is 28.7 Å². The highest BCUT2D eigenvalue weighted by molar-refractivity contribution is 6.42. The fourth-order valence-electron chi connectivity index (χ4n) is 3.58. The van der Waals surface area contributed by atoms with Gasteiger partial charge in [-0.2, -0.15) is 0 Å². The second-order valence-corrected chi connectivity index (χ2v) is 7.88.